The largest absolute Gasteiger partial charge is 0.388 e. The van der Waals surface area contributed by atoms with Crippen molar-refractivity contribution >= 4 is 11.8 Å². The summed E-state index contributed by atoms with van der Waals surface area (Å²) in [5, 5.41) is 25.5. The average molecular weight is 525 g/mol. The monoisotopic (exact) mass is 524 g/mol. The molecule has 2 aromatic carbocycles. The summed E-state index contributed by atoms with van der Waals surface area (Å²) in [7, 11) is 0. The standard InChI is InChI=1S/C27H32N4O7/c28-30-29-14-8-1-2-9-15-37-27-22(31-25(34)19-12-6-7-13-20(19)26(31)35)24(33)23(32)21(38-27)17-36-16-18-10-4-3-5-11-18/h3-7,10-13,21-24,27,32-33H,1-2,8-9,14-17H2/t21-,22-,23-,24-,27-/m1/s1. The Kier molecular flexibility index (Phi) is 9.83. The molecule has 2 aliphatic rings. The average Bonchev–Trinajstić information content (AvgIpc) is 3.18. The molecule has 0 bridgehead atoms. The first-order valence-electron chi connectivity index (χ1n) is 12.8. The zero-order valence-electron chi connectivity index (χ0n) is 21.0. The summed E-state index contributed by atoms with van der Waals surface area (Å²) in [6.07, 6.45) is -1.97. The van der Waals surface area contributed by atoms with E-state index in [1.807, 2.05) is 30.3 Å². The molecule has 0 unspecified atom stereocenters. The lowest BCUT2D eigenvalue weighted by molar-refractivity contribution is -0.282. The van der Waals surface area contributed by atoms with Crippen molar-refractivity contribution in [2.24, 2.45) is 5.11 Å². The van der Waals surface area contributed by atoms with Crippen molar-refractivity contribution in [1.29, 1.82) is 0 Å². The Balaban J connectivity index is 1.43. The van der Waals surface area contributed by atoms with Crippen molar-refractivity contribution < 1.29 is 34.0 Å². The van der Waals surface area contributed by atoms with Gasteiger partial charge in [-0.2, -0.15) is 0 Å². The summed E-state index contributed by atoms with van der Waals surface area (Å²) < 4.78 is 17.7. The number of carbonyl (C=O) groups excluding carboxylic acids is 2. The van der Waals surface area contributed by atoms with Gasteiger partial charge >= 0.3 is 0 Å². The van der Waals surface area contributed by atoms with Gasteiger partial charge in [0.1, 0.15) is 24.4 Å². The highest BCUT2D eigenvalue weighted by atomic mass is 16.7. The van der Waals surface area contributed by atoms with Crippen molar-refractivity contribution in [3.8, 4) is 0 Å². The van der Waals surface area contributed by atoms with Crippen LogP contribution in [0.4, 0.5) is 0 Å². The van der Waals surface area contributed by atoms with Crippen LogP contribution in [0.5, 0.6) is 0 Å². The normalized spacial score (nSPS) is 24.8. The smallest absolute Gasteiger partial charge is 0.262 e. The molecule has 11 nitrogen and oxygen atoms in total. The molecule has 38 heavy (non-hydrogen) atoms. The zero-order valence-corrected chi connectivity index (χ0v) is 21.0. The maximum Gasteiger partial charge on any atom is 0.262 e. The van der Waals surface area contributed by atoms with Crippen LogP contribution in [0.3, 0.4) is 0 Å². The number of rotatable bonds is 13. The number of azide groups is 1. The number of benzene rings is 2. The number of unbranched alkanes of at least 4 members (excludes halogenated alkanes) is 3. The Morgan fingerprint density at radius 3 is 2.26 bits per heavy atom. The Bertz CT molecular complexity index is 1110. The van der Waals surface area contributed by atoms with E-state index in [1.54, 1.807) is 24.3 Å². The number of ether oxygens (including phenoxy) is 3. The molecule has 11 heteroatoms. The highest BCUT2D eigenvalue weighted by Gasteiger charge is 2.53. The number of nitrogens with zero attached hydrogens (tertiary/aromatic N) is 4. The first kappa shape index (κ1) is 27.7. The number of aliphatic hydroxyl groups excluding tert-OH is 2. The molecule has 4 rings (SSSR count). The van der Waals surface area contributed by atoms with Crippen LogP contribution < -0.4 is 0 Å². The predicted molar refractivity (Wildman–Crippen MR) is 136 cm³/mol. The molecule has 0 aromatic heterocycles. The fourth-order valence-electron chi connectivity index (χ4n) is 4.69. The van der Waals surface area contributed by atoms with Crippen molar-refractivity contribution in [3.05, 3.63) is 81.7 Å². The third-order valence-electron chi connectivity index (χ3n) is 6.68. The number of amides is 2. The van der Waals surface area contributed by atoms with Gasteiger partial charge in [0.25, 0.3) is 11.8 Å². The summed E-state index contributed by atoms with van der Waals surface area (Å²) in [6, 6.07) is 14.7. The van der Waals surface area contributed by atoms with Gasteiger partial charge in [-0.25, -0.2) is 0 Å². The molecular weight excluding hydrogens is 492 g/mol. The lowest BCUT2D eigenvalue weighted by atomic mass is 9.95. The number of hydrogen-bond donors (Lipinski definition) is 2. The van der Waals surface area contributed by atoms with Crippen LogP contribution in [0.15, 0.2) is 59.7 Å². The molecule has 0 saturated carbocycles. The van der Waals surface area contributed by atoms with E-state index < -0.39 is 42.5 Å². The zero-order chi connectivity index (χ0) is 26.9. The maximum atomic E-state index is 13.2. The summed E-state index contributed by atoms with van der Waals surface area (Å²) in [5.41, 5.74) is 9.76. The van der Waals surface area contributed by atoms with Gasteiger partial charge in [-0.15, -0.1) is 0 Å². The highest BCUT2D eigenvalue weighted by Crippen LogP contribution is 2.33. The molecule has 2 heterocycles. The van der Waals surface area contributed by atoms with Crippen LogP contribution in [0.1, 0.15) is 52.0 Å². The van der Waals surface area contributed by atoms with Gasteiger partial charge in [-0.1, -0.05) is 60.4 Å². The van der Waals surface area contributed by atoms with Crippen LogP contribution in [0, 0.1) is 0 Å². The van der Waals surface area contributed by atoms with Crippen molar-refractivity contribution in [2.75, 3.05) is 19.8 Å². The van der Waals surface area contributed by atoms with E-state index in [1.165, 1.54) is 0 Å². The third-order valence-corrected chi connectivity index (χ3v) is 6.68. The van der Waals surface area contributed by atoms with Crippen LogP contribution in [-0.2, 0) is 20.8 Å². The van der Waals surface area contributed by atoms with E-state index in [0.717, 1.165) is 29.7 Å². The van der Waals surface area contributed by atoms with Crippen LogP contribution >= 0.6 is 0 Å². The minimum atomic E-state index is -1.51. The van der Waals surface area contributed by atoms with Gasteiger partial charge in [0.15, 0.2) is 6.29 Å². The van der Waals surface area contributed by atoms with E-state index in [2.05, 4.69) is 10.0 Å². The van der Waals surface area contributed by atoms with Gasteiger partial charge in [0.2, 0.25) is 0 Å². The Hall–Kier alpha value is -3.31. The highest BCUT2D eigenvalue weighted by molar-refractivity contribution is 6.21. The minimum absolute atomic E-state index is 0.0266. The van der Waals surface area contributed by atoms with Crippen molar-refractivity contribution in [2.45, 2.75) is 62.9 Å². The van der Waals surface area contributed by atoms with Crippen molar-refractivity contribution in [1.82, 2.24) is 4.90 Å². The van der Waals surface area contributed by atoms with E-state index in [0.29, 0.717) is 13.0 Å². The summed E-state index contributed by atoms with van der Waals surface area (Å²) >= 11 is 0. The molecule has 1 fully saturated rings. The lowest BCUT2D eigenvalue weighted by Gasteiger charge is -2.45. The Morgan fingerprint density at radius 2 is 1.58 bits per heavy atom. The first-order chi connectivity index (χ1) is 18.5. The number of aliphatic hydroxyl groups is 2. The molecular formula is C27H32N4O7. The second kappa shape index (κ2) is 13.5. The van der Waals surface area contributed by atoms with Crippen LogP contribution in [-0.4, -0.2) is 77.3 Å². The number of carbonyl (C=O) groups is 2. The second-order valence-corrected chi connectivity index (χ2v) is 9.28. The van der Waals surface area contributed by atoms with Gasteiger partial charge in [-0.3, -0.25) is 14.5 Å². The predicted octanol–water partition coefficient (Wildman–Crippen LogP) is 3.20. The topological polar surface area (TPSA) is 154 Å². The summed E-state index contributed by atoms with van der Waals surface area (Å²) in [6.45, 7) is 0.930. The third kappa shape index (κ3) is 6.39. The first-order valence-corrected chi connectivity index (χ1v) is 12.8. The van der Waals surface area contributed by atoms with Gasteiger partial charge in [-0.05, 0) is 36.1 Å². The SMILES string of the molecule is [N-]=[N+]=NCCCCCCO[C@@H]1O[C@H](COCc2ccccc2)[C@@H](O)[C@H](O)[C@H]1N1C(=O)c2ccccc2C1=O. The molecule has 202 valence electrons. The quantitative estimate of drug-likeness (QED) is 0.134. The molecule has 2 N–H and O–H groups in total. The van der Waals surface area contributed by atoms with E-state index >= 15 is 0 Å². The second-order valence-electron chi connectivity index (χ2n) is 9.28. The van der Waals surface area contributed by atoms with E-state index in [4.69, 9.17) is 19.7 Å². The molecule has 0 aliphatic carbocycles. The molecule has 1 saturated heterocycles. The molecule has 2 amide bonds. The molecule has 5 atom stereocenters. The maximum absolute atomic E-state index is 13.2. The summed E-state index contributed by atoms with van der Waals surface area (Å²) in [4.78, 5) is 30.0. The Labute approximate surface area is 220 Å². The molecule has 0 spiro atoms. The molecule has 2 aliphatic heterocycles. The lowest BCUT2D eigenvalue weighted by Crippen LogP contribution is -2.65. The van der Waals surface area contributed by atoms with Gasteiger partial charge in [0.05, 0.1) is 24.3 Å². The summed E-state index contributed by atoms with van der Waals surface area (Å²) in [5.74, 6) is -1.15. The van der Waals surface area contributed by atoms with Crippen molar-refractivity contribution in [3.63, 3.8) is 0 Å². The number of hydrogen-bond acceptors (Lipinski definition) is 8. The van der Waals surface area contributed by atoms with Gasteiger partial charge in [0, 0.05) is 18.1 Å². The van der Waals surface area contributed by atoms with Crippen LogP contribution in [0.25, 0.3) is 10.4 Å². The fourth-order valence-corrected chi connectivity index (χ4v) is 4.69. The van der Waals surface area contributed by atoms with Crippen LogP contribution in [0.2, 0.25) is 0 Å². The fraction of sp³-hybridized carbons (Fsp3) is 0.481. The molecule has 0 radical (unpaired) electrons. The minimum Gasteiger partial charge on any atom is -0.388 e. The van der Waals surface area contributed by atoms with E-state index in [-0.39, 0.29) is 30.9 Å². The van der Waals surface area contributed by atoms with E-state index in [9.17, 15) is 19.8 Å². The Morgan fingerprint density at radius 1 is 0.921 bits per heavy atom. The number of imide groups is 1. The number of fused-ring (bicyclic) bond motifs is 1. The molecule has 2 aromatic rings. The van der Waals surface area contributed by atoms with Gasteiger partial charge < -0.3 is 24.4 Å².